The van der Waals surface area contributed by atoms with Crippen LogP contribution in [0.5, 0.6) is 0 Å². The third-order valence-electron chi connectivity index (χ3n) is 2.72. The number of anilines is 1. The van der Waals surface area contributed by atoms with E-state index in [4.69, 9.17) is 0 Å². The smallest absolute Gasteiger partial charge is 0.248 e. The molecule has 2 nitrogen and oxygen atoms in total. The molecule has 0 radical (unpaired) electrons. The number of nitrogens with one attached hydrogen (secondary N) is 1. The summed E-state index contributed by atoms with van der Waals surface area (Å²) in [7, 11) is 0. The second-order valence-electron chi connectivity index (χ2n) is 4.36. The van der Waals surface area contributed by atoms with Crippen LogP contribution >= 0.6 is 11.8 Å². The first-order valence-corrected chi connectivity index (χ1v) is 7.64. The average molecular weight is 295 g/mol. The van der Waals surface area contributed by atoms with Crippen LogP contribution in [0.25, 0.3) is 6.08 Å². The molecule has 0 saturated carbocycles. The quantitative estimate of drug-likeness (QED) is 0.479. The van der Waals surface area contributed by atoms with Crippen LogP contribution in [0.1, 0.15) is 5.56 Å². The van der Waals surface area contributed by atoms with Gasteiger partial charge in [-0.15, -0.1) is 18.3 Å². The summed E-state index contributed by atoms with van der Waals surface area (Å²) in [4.78, 5) is 13.0. The van der Waals surface area contributed by atoms with Crippen LogP contribution in [0.4, 0.5) is 5.69 Å². The molecule has 0 saturated heterocycles. The zero-order chi connectivity index (χ0) is 14.9. The Morgan fingerprint density at radius 3 is 2.48 bits per heavy atom. The Bertz CT molecular complexity index is 617. The molecule has 0 aliphatic rings. The van der Waals surface area contributed by atoms with Gasteiger partial charge in [0.1, 0.15) is 0 Å². The van der Waals surface area contributed by atoms with Gasteiger partial charge >= 0.3 is 0 Å². The Morgan fingerprint density at radius 1 is 1.10 bits per heavy atom. The molecule has 106 valence electrons. The summed E-state index contributed by atoms with van der Waals surface area (Å²) in [6.07, 6.45) is 5.20. The van der Waals surface area contributed by atoms with Gasteiger partial charge in [-0.1, -0.05) is 36.4 Å². The van der Waals surface area contributed by atoms with E-state index in [0.29, 0.717) is 0 Å². The average Bonchev–Trinajstić information content (AvgIpc) is 2.53. The summed E-state index contributed by atoms with van der Waals surface area (Å²) in [6.45, 7) is 3.69. The van der Waals surface area contributed by atoms with Gasteiger partial charge in [-0.2, -0.15) is 0 Å². The molecule has 2 aromatic rings. The molecule has 1 amide bonds. The molecule has 0 fully saturated rings. The number of carbonyl (C=O) groups is 1. The zero-order valence-electron chi connectivity index (χ0n) is 11.7. The summed E-state index contributed by atoms with van der Waals surface area (Å²) in [5.41, 5.74) is 1.80. The van der Waals surface area contributed by atoms with Gasteiger partial charge in [0, 0.05) is 22.4 Å². The molecule has 2 rings (SSSR count). The summed E-state index contributed by atoms with van der Waals surface area (Å²) < 4.78 is 0. The maximum absolute atomic E-state index is 11.8. The maximum Gasteiger partial charge on any atom is 0.248 e. The zero-order valence-corrected chi connectivity index (χ0v) is 12.5. The van der Waals surface area contributed by atoms with Gasteiger partial charge < -0.3 is 5.32 Å². The van der Waals surface area contributed by atoms with E-state index in [-0.39, 0.29) is 5.91 Å². The molecule has 0 aromatic heterocycles. The van der Waals surface area contributed by atoms with Crippen LogP contribution in [0.3, 0.4) is 0 Å². The first-order chi connectivity index (χ1) is 10.3. The van der Waals surface area contributed by atoms with Crippen LogP contribution in [0, 0.1) is 0 Å². The van der Waals surface area contributed by atoms with Gasteiger partial charge in [-0.05, 0) is 35.9 Å². The molecule has 21 heavy (non-hydrogen) atoms. The summed E-state index contributed by atoms with van der Waals surface area (Å²) in [5.74, 6) is 0.747. The molecule has 0 bridgehead atoms. The largest absolute Gasteiger partial charge is 0.323 e. The monoisotopic (exact) mass is 295 g/mol. The minimum Gasteiger partial charge on any atom is -0.323 e. The van der Waals surface area contributed by atoms with Gasteiger partial charge in [0.2, 0.25) is 5.91 Å². The molecule has 0 spiro atoms. The maximum atomic E-state index is 11.8. The number of hydrogen-bond donors (Lipinski definition) is 1. The summed E-state index contributed by atoms with van der Waals surface area (Å²) in [5, 5.41) is 2.84. The second kappa shape index (κ2) is 8.12. The van der Waals surface area contributed by atoms with E-state index in [1.165, 1.54) is 6.08 Å². The van der Waals surface area contributed by atoms with E-state index in [1.54, 1.807) is 17.8 Å². The van der Waals surface area contributed by atoms with Crippen LogP contribution < -0.4 is 5.32 Å². The summed E-state index contributed by atoms with van der Waals surface area (Å²) in [6, 6.07) is 17.5. The molecule has 0 aliphatic carbocycles. The number of amides is 1. The predicted molar refractivity (Wildman–Crippen MR) is 91.5 cm³/mol. The molecule has 0 aliphatic heterocycles. The highest BCUT2D eigenvalue weighted by molar-refractivity contribution is 7.99. The van der Waals surface area contributed by atoms with E-state index in [1.807, 2.05) is 60.7 Å². The van der Waals surface area contributed by atoms with E-state index in [2.05, 4.69) is 11.9 Å². The first kappa shape index (κ1) is 15.1. The van der Waals surface area contributed by atoms with E-state index >= 15 is 0 Å². The van der Waals surface area contributed by atoms with Crippen molar-refractivity contribution in [2.45, 2.75) is 4.90 Å². The molecule has 0 heterocycles. The fourth-order valence-corrected chi connectivity index (χ4v) is 2.35. The van der Waals surface area contributed by atoms with E-state index in [0.717, 1.165) is 21.9 Å². The van der Waals surface area contributed by atoms with E-state index in [9.17, 15) is 4.79 Å². The van der Waals surface area contributed by atoms with Crippen LogP contribution in [-0.4, -0.2) is 11.7 Å². The topological polar surface area (TPSA) is 29.1 Å². The number of carbonyl (C=O) groups excluding carboxylic acids is 1. The van der Waals surface area contributed by atoms with Gasteiger partial charge in [0.15, 0.2) is 0 Å². The van der Waals surface area contributed by atoms with Gasteiger partial charge in [-0.25, -0.2) is 0 Å². The molecule has 1 N–H and O–H groups in total. The van der Waals surface area contributed by atoms with Crippen molar-refractivity contribution in [2.75, 3.05) is 11.1 Å². The van der Waals surface area contributed by atoms with Crippen LogP contribution in [0.15, 0.2) is 78.2 Å². The van der Waals surface area contributed by atoms with Crippen LogP contribution in [-0.2, 0) is 4.79 Å². The van der Waals surface area contributed by atoms with Gasteiger partial charge in [0.25, 0.3) is 0 Å². The highest BCUT2D eigenvalue weighted by Crippen LogP contribution is 2.20. The SMILES string of the molecule is C=CCSc1ccc(NC(=O)/C=C\c2ccccc2)cc1. The molecule has 0 unspecified atom stereocenters. The number of thioether (sulfide) groups is 1. The van der Waals surface area contributed by atoms with Gasteiger partial charge in [0.05, 0.1) is 0 Å². The van der Waals surface area contributed by atoms with Crippen molar-refractivity contribution in [1.29, 1.82) is 0 Å². The number of hydrogen-bond acceptors (Lipinski definition) is 2. The van der Waals surface area contributed by atoms with Crippen molar-refractivity contribution in [1.82, 2.24) is 0 Å². The lowest BCUT2D eigenvalue weighted by molar-refractivity contribution is -0.111. The molecule has 3 heteroatoms. The minimum absolute atomic E-state index is 0.134. The fraction of sp³-hybridized carbons (Fsp3) is 0.0556. The molecular formula is C18H17NOS. The lowest BCUT2D eigenvalue weighted by Gasteiger charge is -2.03. The molecular weight excluding hydrogens is 278 g/mol. The highest BCUT2D eigenvalue weighted by atomic mass is 32.2. The lowest BCUT2D eigenvalue weighted by Crippen LogP contribution is -2.07. The Morgan fingerprint density at radius 2 is 1.81 bits per heavy atom. The predicted octanol–water partition coefficient (Wildman–Crippen LogP) is 4.62. The Labute approximate surface area is 129 Å². The normalized spacial score (nSPS) is 10.5. The Kier molecular flexibility index (Phi) is 5.85. The van der Waals surface area contributed by atoms with Crippen molar-refractivity contribution >= 4 is 29.4 Å². The van der Waals surface area contributed by atoms with Crippen molar-refractivity contribution in [3.05, 3.63) is 78.9 Å². The first-order valence-electron chi connectivity index (χ1n) is 6.66. The van der Waals surface area contributed by atoms with Crippen LogP contribution in [0.2, 0.25) is 0 Å². The third kappa shape index (κ3) is 5.32. The molecule has 0 atom stereocenters. The standard InChI is InChI=1S/C18H17NOS/c1-2-14-21-17-11-9-16(10-12-17)19-18(20)13-8-15-6-4-3-5-7-15/h2-13H,1,14H2,(H,19,20)/b13-8-. The fourth-order valence-electron chi connectivity index (χ4n) is 1.71. The minimum atomic E-state index is -0.134. The number of benzene rings is 2. The van der Waals surface area contributed by atoms with Crippen molar-refractivity contribution in [3.8, 4) is 0 Å². The molecule has 2 aromatic carbocycles. The Balaban J connectivity index is 1.90. The second-order valence-corrected chi connectivity index (χ2v) is 5.45. The summed E-state index contributed by atoms with van der Waals surface area (Å²) >= 11 is 1.71. The van der Waals surface area contributed by atoms with Crippen molar-refractivity contribution in [2.24, 2.45) is 0 Å². The van der Waals surface area contributed by atoms with Crippen molar-refractivity contribution in [3.63, 3.8) is 0 Å². The third-order valence-corrected chi connectivity index (χ3v) is 3.72. The van der Waals surface area contributed by atoms with E-state index < -0.39 is 0 Å². The Hall–Kier alpha value is -2.26. The van der Waals surface area contributed by atoms with Crippen molar-refractivity contribution < 1.29 is 4.79 Å². The number of rotatable bonds is 6. The lowest BCUT2D eigenvalue weighted by atomic mass is 10.2. The highest BCUT2D eigenvalue weighted by Gasteiger charge is 1.98. The van der Waals surface area contributed by atoms with Gasteiger partial charge in [-0.3, -0.25) is 4.79 Å².